The topological polar surface area (TPSA) is 81.6 Å². The van der Waals surface area contributed by atoms with E-state index in [1.54, 1.807) is 18.2 Å². The van der Waals surface area contributed by atoms with Crippen molar-refractivity contribution in [3.05, 3.63) is 23.8 Å². The van der Waals surface area contributed by atoms with Crippen molar-refractivity contribution < 1.29 is 9.53 Å². The van der Waals surface area contributed by atoms with Gasteiger partial charge in [-0.3, -0.25) is 4.79 Å². The minimum absolute atomic E-state index is 0.346. The minimum atomic E-state index is -0.515. The van der Waals surface area contributed by atoms with Crippen LogP contribution in [0, 0.1) is 0 Å². The molecule has 5 heteroatoms. The zero-order chi connectivity index (χ0) is 13.8. The van der Waals surface area contributed by atoms with Crippen LogP contribution >= 0.6 is 0 Å². The normalized spacial score (nSPS) is 20.2. The summed E-state index contributed by atoms with van der Waals surface area (Å²) in [6.07, 6.45) is 3.55. The maximum Gasteiger partial charge on any atom is 0.252 e. The molecule has 0 radical (unpaired) electrons. The van der Waals surface area contributed by atoms with E-state index in [9.17, 15) is 4.79 Å². The first kappa shape index (κ1) is 13.7. The number of rotatable bonds is 4. The van der Waals surface area contributed by atoms with Crippen LogP contribution in [0.4, 0.5) is 5.69 Å². The summed E-state index contributed by atoms with van der Waals surface area (Å²) >= 11 is 0. The van der Waals surface area contributed by atoms with Gasteiger partial charge in [-0.25, -0.2) is 0 Å². The molecule has 1 saturated heterocycles. The number of carbonyl (C=O) groups is 1. The average molecular weight is 263 g/mol. The number of benzene rings is 1. The van der Waals surface area contributed by atoms with Gasteiger partial charge in [0.2, 0.25) is 0 Å². The summed E-state index contributed by atoms with van der Waals surface area (Å²) in [5.74, 6) is -0.103. The summed E-state index contributed by atoms with van der Waals surface area (Å²) in [5.41, 5.74) is 12.0. The number of nitrogen functional groups attached to an aromatic ring is 1. The Balaban J connectivity index is 2.08. The monoisotopic (exact) mass is 263 g/mol. The van der Waals surface area contributed by atoms with Gasteiger partial charge in [-0.1, -0.05) is 12.5 Å². The molecular weight excluding hydrogens is 242 g/mol. The fraction of sp³-hybridized carbons (Fsp3) is 0.500. The predicted octanol–water partition coefficient (Wildman–Crippen LogP) is 1.23. The van der Waals surface area contributed by atoms with Gasteiger partial charge >= 0.3 is 0 Å². The highest BCUT2D eigenvalue weighted by molar-refractivity contribution is 5.97. The quantitative estimate of drug-likeness (QED) is 0.801. The molecule has 19 heavy (non-hydrogen) atoms. The van der Waals surface area contributed by atoms with Crippen molar-refractivity contribution in [2.75, 3.05) is 25.9 Å². The Kier molecular flexibility index (Phi) is 4.27. The summed E-state index contributed by atoms with van der Waals surface area (Å²) < 4.78 is 5.77. The third kappa shape index (κ3) is 3.17. The Labute approximate surface area is 113 Å². The van der Waals surface area contributed by atoms with E-state index < -0.39 is 5.91 Å². The van der Waals surface area contributed by atoms with E-state index in [0.29, 0.717) is 29.6 Å². The molecular formula is C14H21N3O2. The van der Waals surface area contributed by atoms with Crippen LogP contribution in [0.15, 0.2) is 18.2 Å². The van der Waals surface area contributed by atoms with E-state index >= 15 is 0 Å². The molecule has 4 N–H and O–H groups in total. The van der Waals surface area contributed by atoms with Crippen molar-refractivity contribution in [1.82, 2.24) is 4.90 Å². The molecule has 1 atom stereocenters. The Bertz CT molecular complexity index is 462. The molecule has 0 aliphatic carbocycles. The van der Waals surface area contributed by atoms with Crippen LogP contribution in [0.2, 0.25) is 0 Å². The van der Waals surface area contributed by atoms with E-state index in [1.807, 2.05) is 0 Å². The molecule has 1 amide bonds. The maximum absolute atomic E-state index is 11.4. The van der Waals surface area contributed by atoms with Crippen LogP contribution in [0.25, 0.3) is 0 Å². The molecule has 1 aliphatic heterocycles. The maximum atomic E-state index is 11.4. The highest BCUT2D eigenvalue weighted by atomic mass is 16.5. The standard InChI is InChI=1S/C14H21N3O2/c1-17-8-3-2-5-10(17)9-19-13-11(14(16)18)6-4-7-12(13)15/h4,6-7,10H,2-3,5,8-9,15H2,1H3,(H2,16,18). The lowest BCUT2D eigenvalue weighted by Gasteiger charge is -2.32. The van der Waals surface area contributed by atoms with E-state index in [1.165, 1.54) is 12.8 Å². The number of likely N-dealkylation sites (N-methyl/N-ethyl adjacent to an activating group) is 1. The summed E-state index contributed by atoms with van der Waals surface area (Å²) in [5, 5.41) is 0. The molecule has 0 saturated carbocycles. The van der Waals surface area contributed by atoms with Gasteiger partial charge in [0.25, 0.3) is 5.91 Å². The van der Waals surface area contributed by atoms with Gasteiger partial charge in [-0.15, -0.1) is 0 Å². The number of ether oxygens (including phenoxy) is 1. The van der Waals surface area contributed by atoms with Gasteiger partial charge < -0.3 is 21.1 Å². The van der Waals surface area contributed by atoms with Crippen LogP contribution < -0.4 is 16.2 Å². The lowest BCUT2D eigenvalue weighted by atomic mass is 10.0. The number of nitrogens with zero attached hydrogens (tertiary/aromatic N) is 1. The zero-order valence-corrected chi connectivity index (χ0v) is 11.3. The van der Waals surface area contributed by atoms with Crippen LogP contribution in [0.1, 0.15) is 29.6 Å². The first-order valence-electron chi connectivity index (χ1n) is 6.61. The summed E-state index contributed by atoms with van der Waals surface area (Å²) in [7, 11) is 2.09. The molecule has 104 valence electrons. The molecule has 1 aliphatic rings. The van der Waals surface area contributed by atoms with Crippen molar-refractivity contribution in [1.29, 1.82) is 0 Å². The van der Waals surface area contributed by atoms with Crippen molar-refractivity contribution >= 4 is 11.6 Å². The van der Waals surface area contributed by atoms with Gasteiger partial charge in [0.05, 0.1) is 11.3 Å². The molecule has 1 fully saturated rings. The third-order valence-corrected chi connectivity index (χ3v) is 3.65. The predicted molar refractivity (Wildman–Crippen MR) is 75.1 cm³/mol. The Morgan fingerprint density at radius 1 is 1.47 bits per heavy atom. The molecule has 1 unspecified atom stereocenters. The number of carbonyl (C=O) groups excluding carboxylic acids is 1. The van der Waals surface area contributed by atoms with Crippen molar-refractivity contribution in [2.24, 2.45) is 5.73 Å². The van der Waals surface area contributed by atoms with Gasteiger partial charge in [0, 0.05) is 6.04 Å². The van der Waals surface area contributed by atoms with Crippen molar-refractivity contribution in [2.45, 2.75) is 25.3 Å². The van der Waals surface area contributed by atoms with Crippen LogP contribution in [0.3, 0.4) is 0 Å². The number of nitrogens with two attached hydrogens (primary N) is 2. The highest BCUT2D eigenvalue weighted by Crippen LogP contribution is 2.27. The molecule has 0 bridgehead atoms. The molecule has 1 aromatic rings. The zero-order valence-electron chi connectivity index (χ0n) is 11.3. The summed E-state index contributed by atoms with van der Waals surface area (Å²) in [6.45, 7) is 1.62. The molecule has 0 aromatic heterocycles. The van der Waals surface area contributed by atoms with E-state index in [4.69, 9.17) is 16.2 Å². The number of piperidine rings is 1. The van der Waals surface area contributed by atoms with Crippen LogP contribution in [-0.4, -0.2) is 37.0 Å². The van der Waals surface area contributed by atoms with Gasteiger partial charge in [0.15, 0.2) is 5.75 Å². The SMILES string of the molecule is CN1CCCCC1COc1c(N)cccc1C(N)=O. The number of anilines is 1. The summed E-state index contributed by atoms with van der Waals surface area (Å²) in [4.78, 5) is 13.6. The Morgan fingerprint density at radius 3 is 2.95 bits per heavy atom. The Hall–Kier alpha value is -1.75. The van der Waals surface area contributed by atoms with E-state index in [0.717, 1.165) is 13.0 Å². The fourth-order valence-electron chi connectivity index (χ4n) is 2.44. The van der Waals surface area contributed by atoms with Gasteiger partial charge in [-0.2, -0.15) is 0 Å². The second-order valence-corrected chi connectivity index (χ2v) is 5.03. The van der Waals surface area contributed by atoms with E-state index in [2.05, 4.69) is 11.9 Å². The van der Waals surface area contributed by atoms with Crippen molar-refractivity contribution in [3.63, 3.8) is 0 Å². The number of amides is 1. The highest BCUT2D eigenvalue weighted by Gasteiger charge is 2.21. The number of likely N-dealkylation sites (tertiary alicyclic amines) is 1. The average Bonchev–Trinajstić information content (AvgIpc) is 2.38. The molecule has 0 spiro atoms. The van der Waals surface area contributed by atoms with Gasteiger partial charge in [-0.05, 0) is 38.6 Å². The number of primary amides is 1. The second-order valence-electron chi connectivity index (χ2n) is 5.03. The van der Waals surface area contributed by atoms with E-state index in [-0.39, 0.29) is 0 Å². The first-order chi connectivity index (χ1) is 9.09. The molecule has 1 heterocycles. The Morgan fingerprint density at radius 2 is 2.26 bits per heavy atom. The fourth-order valence-corrected chi connectivity index (χ4v) is 2.44. The van der Waals surface area contributed by atoms with Crippen LogP contribution in [-0.2, 0) is 0 Å². The second kappa shape index (κ2) is 5.93. The van der Waals surface area contributed by atoms with Gasteiger partial charge in [0.1, 0.15) is 6.61 Å². The minimum Gasteiger partial charge on any atom is -0.489 e. The van der Waals surface area contributed by atoms with Crippen molar-refractivity contribution in [3.8, 4) is 5.75 Å². The lowest BCUT2D eigenvalue weighted by molar-refractivity contribution is 0.0988. The molecule has 2 rings (SSSR count). The first-order valence-corrected chi connectivity index (χ1v) is 6.61. The largest absolute Gasteiger partial charge is 0.489 e. The number of hydrogen-bond acceptors (Lipinski definition) is 4. The van der Waals surface area contributed by atoms with Crippen LogP contribution in [0.5, 0.6) is 5.75 Å². The third-order valence-electron chi connectivity index (χ3n) is 3.65. The lowest BCUT2D eigenvalue weighted by Crippen LogP contribution is -2.40. The molecule has 5 nitrogen and oxygen atoms in total. The summed E-state index contributed by atoms with van der Waals surface area (Å²) in [6, 6.07) is 5.43. The number of para-hydroxylation sites is 1. The molecule has 1 aromatic carbocycles. The number of hydrogen-bond donors (Lipinski definition) is 2. The smallest absolute Gasteiger partial charge is 0.252 e.